The zero-order valence-electron chi connectivity index (χ0n) is 13.3. The van der Waals surface area contributed by atoms with Crippen molar-refractivity contribution in [3.05, 3.63) is 57.5 Å². The van der Waals surface area contributed by atoms with Crippen LogP contribution >= 0.6 is 23.2 Å². The Balaban J connectivity index is 2.15. The summed E-state index contributed by atoms with van der Waals surface area (Å²) < 4.78 is 9.89. The quantitative estimate of drug-likeness (QED) is 0.727. The number of carbonyl (C=O) groups excluding carboxylic acids is 2. The molecule has 1 aromatic carbocycles. The molecule has 7 heteroatoms. The van der Waals surface area contributed by atoms with Crippen LogP contribution in [-0.2, 0) is 16.0 Å². The van der Waals surface area contributed by atoms with Gasteiger partial charge in [-0.2, -0.15) is 0 Å². The third-order valence-electron chi connectivity index (χ3n) is 3.56. The van der Waals surface area contributed by atoms with Crippen LogP contribution in [0.2, 0.25) is 10.0 Å². The lowest BCUT2D eigenvalue weighted by Gasteiger charge is -2.21. The first-order valence-corrected chi connectivity index (χ1v) is 8.02. The largest absolute Gasteiger partial charge is 0.468 e. The van der Waals surface area contributed by atoms with E-state index in [1.165, 1.54) is 18.3 Å². The van der Waals surface area contributed by atoms with Crippen molar-refractivity contribution in [3.8, 4) is 0 Å². The molecule has 0 N–H and O–H groups in total. The van der Waals surface area contributed by atoms with Gasteiger partial charge in [0.15, 0.2) is 5.76 Å². The molecule has 0 aliphatic rings. The van der Waals surface area contributed by atoms with E-state index in [1.807, 2.05) is 0 Å². The van der Waals surface area contributed by atoms with Crippen LogP contribution in [0.5, 0.6) is 0 Å². The molecule has 1 aromatic heterocycles. The van der Waals surface area contributed by atoms with Gasteiger partial charge in [-0.1, -0.05) is 29.3 Å². The lowest BCUT2D eigenvalue weighted by molar-refractivity contribution is -0.141. The molecule has 0 fully saturated rings. The van der Waals surface area contributed by atoms with Crippen molar-refractivity contribution in [3.63, 3.8) is 0 Å². The Morgan fingerprint density at radius 2 is 2.00 bits per heavy atom. The minimum atomic E-state index is -0.505. The highest BCUT2D eigenvalue weighted by Gasteiger charge is 2.23. The number of carbonyl (C=O) groups is 2. The molecule has 0 saturated heterocycles. The van der Waals surface area contributed by atoms with Crippen LogP contribution in [0.4, 0.5) is 0 Å². The minimum absolute atomic E-state index is 0.166. The summed E-state index contributed by atoms with van der Waals surface area (Å²) in [6, 6.07) is 6.86. The van der Waals surface area contributed by atoms with E-state index in [0.717, 1.165) is 5.56 Å². The summed E-state index contributed by atoms with van der Waals surface area (Å²) in [5.41, 5.74) is 1.54. The summed E-state index contributed by atoms with van der Waals surface area (Å²) in [5.74, 6) is -0.663. The Morgan fingerprint density at radius 3 is 2.58 bits per heavy atom. The zero-order chi connectivity index (χ0) is 17.7. The van der Waals surface area contributed by atoms with E-state index in [4.69, 9.17) is 27.6 Å². The van der Waals surface area contributed by atoms with E-state index >= 15 is 0 Å². The van der Waals surface area contributed by atoms with Crippen LogP contribution in [0.15, 0.2) is 34.9 Å². The maximum Gasteiger partial charge on any atom is 0.325 e. The fourth-order valence-electron chi connectivity index (χ4n) is 2.19. The standard InChI is InChI=1S/C17H17Cl2NO4/c1-11-6-8-24-16(11)17(22)20(10-15(21)23-2)7-5-12-3-4-13(18)9-14(12)19/h3-4,6,8-9H,5,7,10H2,1-2H3. The lowest BCUT2D eigenvalue weighted by Crippen LogP contribution is -2.37. The highest BCUT2D eigenvalue weighted by molar-refractivity contribution is 6.35. The van der Waals surface area contributed by atoms with Gasteiger partial charge in [0.2, 0.25) is 0 Å². The first kappa shape index (κ1) is 18.4. The molecule has 0 radical (unpaired) electrons. The molecule has 0 unspecified atom stereocenters. The predicted octanol–water partition coefficient (Wildman–Crippen LogP) is 3.75. The first-order valence-electron chi connectivity index (χ1n) is 7.26. The van der Waals surface area contributed by atoms with Crippen molar-refractivity contribution in [1.29, 1.82) is 0 Å². The molecule has 2 aromatic rings. The fourth-order valence-corrected chi connectivity index (χ4v) is 2.69. The number of ether oxygens (including phenoxy) is 1. The van der Waals surface area contributed by atoms with E-state index in [0.29, 0.717) is 22.0 Å². The van der Waals surface area contributed by atoms with Gasteiger partial charge < -0.3 is 14.1 Å². The number of hydrogen-bond donors (Lipinski definition) is 0. The molecule has 1 amide bonds. The highest BCUT2D eigenvalue weighted by atomic mass is 35.5. The molecule has 0 bridgehead atoms. The van der Waals surface area contributed by atoms with Crippen LogP contribution < -0.4 is 0 Å². The molecule has 0 atom stereocenters. The maximum atomic E-state index is 12.6. The third kappa shape index (κ3) is 4.52. The van der Waals surface area contributed by atoms with E-state index in [2.05, 4.69) is 4.74 Å². The number of furan rings is 1. The number of benzene rings is 1. The van der Waals surface area contributed by atoms with Crippen molar-refractivity contribution < 1.29 is 18.7 Å². The van der Waals surface area contributed by atoms with Gasteiger partial charge in [0.25, 0.3) is 5.91 Å². The average molecular weight is 370 g/mol. The van der Waals surface area contributed by atoms with E-state index in [1.54, 1.807) is 31.2 Å². The van der Waals surface area contributed by atoms with Gasteiger partial charge in [-0.25, -0.2) is 0 Å². The lowest BCUT2D eigenvalue weighted by atomic mass is 10.1. The molecule has 1 heterocycles. The first-order chi connectivity index (χ1) is 11.4. The summed E-state index contributed by atoms with van der Waals surface area (Å²) in [7, 11) is 1.28. The molecule has 0 spiro atoms. The van der Waals surface area contributed by atoms with Crippen molar-refractivity contribution in [1.82, 2.24) is 4.90 Å². The number of amides is 1. The van der Waals surface area contributed by atoms with Crippen molar-refractivity contribution >= 4 is 35.1 Å². The van der Waals surface area contributed by atoms with Gasteiger partial charge in [-0.05, 0) is 37.1 Å². The molecule has 128 valence electrons. The maximum absolute atomic E-state index is 12.6. The Morgan fingerprint density at radius 1 is 1.25 bits per heavy atom. The number of esters is 1. The highest BCUT2D eigenvalue weighted by Crippen LogP contribution is 2.22. The van der Waals surface area contributed by atoms with Crippen LogP contribution in [0.3, 0.4) is 0 Å². The number of methoxy groups -OCH3 is 1. The summed E-state index contributed by atoms with van der Waals surface area (Å²) in [4.78, 5) is 25.6. The average Bonchev–Trinajstić information content (AvgIpc) is 2.97. The second kappa shape index (κ2) is 8.22. The Bertz CT molecular complexity index is 742. The molecule has 0 aliphatic carbocycles. The summed E-state index contributed by atoms with van der Waals surface area (Å²) in [6.07, 6.45) is 1.91. The Hall–Kier alpha value is -1.98. The van der Waals surface area contributed by atoms with Gasteiger partial charge in [0.1, 0.15) is 6.54 Å². The van der Waals surface area contributed by atoms with Gasteiger partial charge in [0.05, 0.1) is 13.4 Å². The van der Waals surface area contributed by atoms with Crippen LogP contribution in [0.1, 0.15) is 21.7 Å². The van der Waals surface area contributed by atoms with Crippen LogP contribution in [0, 0.1) is 6.92 Å². The minimum Gasteiger partial charge on any atom is -0.468 e. The Labute approximate surface area is 150 Å². The Kier molecular flexibility index (Phi) is 6.29. The van der Waals surface area contributed by atoms with Crippen molar-refractivity contribution in [2.45, 2.75) is 13.3 Å². The van der Waals surface area contributed by atoms with Gasteiger partial charge in [-0.15, -0.1) is 0 Å². The van der Waals surface area contributed by atoms with Crippen molar-refractivity contribution in [2.24, 2.45) is 0 Å². The second-order valence-electron chi connectivity index (χ2n) is 5.22. The molecule has 5 nitrogen and oxygen atoms in total. The normalized spacial score (nSPS) is 10.5. The van der Waals surface area contributed by atoms with E-state index in [9.17, 15) is 9.59 Å². The number of hydrogen-bond acceptors (Lipinski definition) is 4. The molecular weight excluding hydrogens is 353 g/mol. The number of rotatable bonds is 6. The summed E-state index contributed by atoms with van der Waals surface area (Å²) in [5, 5.41) is 1.06. The number of aryl methyl sites for hydroxylation is 1. The molecule has 2 rings (SSSR count). The second-order valence-corrected chi connectivity index (χ2v) is 6.06. The SMILES string of the molecule is COC(=O)CN(CCc1ccc(Cl)cc1Cl)C(=O)c1occc1C. The van der Waals surface area contributed by atoms with Gasteiger partial charge in [-0.3, -0.25) is 9.59 Å². The zero-order valence-corrected chi connectivity index (χ0v) is 14.9. The molecule has 24 heavy (non-hydrogen) atoms. The summed E-state index contributed by atoms with van der Waals surface area (Å²) in [6.45, 7) is 1.89. The van der Waals surface area contributed by atoms with Gasteiger partial charge >= 0.3 is 5.97 Å². The molecular formula is C17H17Cl2NO4. The van der Waals surface area contributed by atoms with Crippen LogP contribution in [0.25, 0.3) is 0 Å². The number of halogens is 2. The van der Waals surface area contributed by atoms with Crippen LogP contribution in [-0.4, -0.2) is 37.0 Å². The number of nitrogens with zero attached hydrogens (tertiary/aromatic N) is 1. The molecule has 0 aliphatic heterocycles. The topological polar surface area (TPSA) is 59.8 Å². The van der Waals surface area contributed by atoms with E-state index < -0.39 is 5.97 Å². The van der Waals surface area contributed by atoms with Gasteiger partial charge in [0, 0.05) is 22.2 Å². The van der Waals surface area contributed by atoms with E-state index in [-0.39, 0.29) is 24.8 Å². The summed E-state index contributed by atoms with van der Waals surface area (Å²) >= 11 is 12.0. The van der Waals surface area contributed by atoms with Crippen molar-refractivity contribution in [2.75, 3.05) is 20.2 Å². The fraction of sp³-hybridized carbons (Fsp3) is 0.294. The smallest absolute Gasteiger partial charge is 0.325 e. The predicted molar refractivity (Wildman–Crippen MR) is 91.5 cm³/mol. The monoisotopic (exact) mass is 369 g/mol. The third-order valence-corrected chi connectivity index (χ3v) is 4.14. The molecule has 0 saturated carbocycles.